The van der Waals surface area contributed by atoms with Gasteiger partial charge in [-0.1, -0.05) is 53.5 Å². The fraction of sp³-hybridized carbons (Fsp3) is 0.136. The highest BCUT2D eigenvalue weighted by atomic mass is 35.5. The second-order valence-corrected chi connectivity index (χ2v) is 7.24. The van der Waals surface area contributed by atoms with Crippen molar-refractivity contribution in [2.24, 2.45) is 0 Å². The molecule has 0 aliphatic rings. The minimum Gasteiger partial charge on any atom is -0.343 e. The SMILES string of the molecule is Clc1cccc(Cl)c1Cn1cc(CNCc2ccccn2)c2ccccc21. The number of nitrogens with one attached hydrogen (secondary N) is 1. The summed E-state index contributed by atoms with van der Waals surface area (Å²) in [6, 6.07) is 20.0. The molecule has 4 rings (SSSR count). The first kappa shape index (κ1) is 18.1. The molecule has 27 heavy (non-hydrogen) atoms. The molecule has 0 saturated carbocycles. The molecule has 0 aliphatic heterocycles. The summed E-state index contributed by atoms with van der Waals surface area (Å²) < 4.78 is 2.21. The third kappa shape index (κ3) is 4.01. The summed E-state index contributed by atoms with van der Waals surface area (Å²) in [7, 11) is 0. The zero-order chi connectivity index (χ0) is 18.6. The fourth-order valence-corrected chi connectivity index (χ4v) is 3.79. The van der Waals surface area contributed by atoms with E-state index in [0.29, 0.717) is 16.6 Å². The Bertz CT molecular complexity index is 1040. The van der Waals surface area contributed by atoms with Crippen molar-refractivity contribution in [2.75, 3.05) is 0 Å². The van der Waals surface area contributed by atoms with Gasteiger partial charge in [0.15, 0.2) is 0 Å². The lowest BCUT2D eigenvalue weighted by atomic mass is 10.2. The van der Waals surface area contributed by atoms with Crippen LogP contribution in [0.25, 0.3) is 10.9 Å². The van der Waals surface area contributed by atoms with E-state index in [1.807, 2.05) is 42.6 Å². The van der Waals surface area contributed by atoms with Crippen LogP contribution in [0, 0.1) is 0 Å². The first-order chi connectivity index (χ1) is 13.2. The smallest absolute Gasteiger partial charge is 0.0541 e. The average molecular weight is 396 g/mol. The number of nitrogens with zero attached hydrogens (tertiary/aromatic N) is 2. The summed E-state index contributed by atoms with van der Waals surface area (Å²) >= 11 is 12.7. The van der Waals surface area contributed by atoms with Crippen molar-refractivity contribution in [1.29, 1.82) is 0 Å². The lowest BCUT2D eigenvalue weighted by Gasteiger charge is -2.09. The van der Waals surface area contributed by atoms with Crippen LogP contribution < -0.4 is 5.32 Å². The van der Waals surface area contributed by atoms with Crippen molar-refractivity contribution in [3.8, 4) is 0 Å². The van der Waals surface area contributed by atoms with Crippen LogP contribution in [-0.2, 0) is 19.6 Å². The van der Waals surface area contributed by atoms with Crippen molar-refractivity contribution in [3.63, 3.8) is 0 Å². The Morgan fingerprint density at radius 3 is 2.41 bits per heavy atom. The molecule has 0 aliphatic carbocycles. The Hall–Kier alpha value is -2.33. The molecular weight excluding hydrogens is 377 g/mol. The van der Waals surface area contributed by atoms with Crippen LogP contribution in [0.15, 0.2) is 73.1 Å². The Morgan fingerprint density at radius 1 is 0.852 bits per heavy atom. The van der Waals surface area contributed by atoms with Crippen LogP contribution in [0.3, 0.4) is 0 Å². The number of hydrogen-bond acceptors (Lipinski definition) is 2. The Morgan fingerprint density at radius 2 is 1.63 bits per heavy atom. The summed E-state index contributed by atoms with van der Waals surface area (Å²) in [5.41, 5.74) is 4.38. The molecule has 0 atom stereocenters. The van der Waals surface area contributed by atoms with Crippen LogP contribution in [0.5, 0.6) is 0 Å². The summed E-state index contributed by atoms with van der Waals surface area (Å²) in [5, 5.41) is 6.09. The van der Waals surface area contributed by atoms with E-state index in [0.717, 1.165) is 24.3 Å². The topological polar surface area (TPSA) is 29.9 Å². The maximum atomic E-state index is 6.37. The van der Waals surface area contributed by atoms with E-state index in [9.17, 15) is 0 Å². The molecule has 2 heterocycles. The molecule has 0 unspecified atom stereocenters. The van der Waals surface area contributed by atoms with Gasteiger partial charge in [-0.25, -0.2) is 0 Å². The van der Waals surface area contributed by atoms with Crippen molar-refractivity contribution in [1.82, 2.24) is 14.9 Å². The van der Waals surface area contributed by atoms with E-state index in [-0.39, 0.29) is 0 Å². The Balaban J connectivity index is 1.59. The molecule has 0 saturated heterocycles. The number of fused-ring (bicyclic) bond motifs is 1. The zero-order valence-electron chi connectivity index (χ0n) is 14.7. The van der Waals surface area contributed by atoms with Gasteiger partial charge in [0.25, 0.3) is 0 Å². The first-order valence-electron chi connectivity index (χ1n) is 8.82. The monoisotopic (exact) mass is 395 g/mol. The van der Waals surface area contributed by atoms with Gasteiger partial charge < -0.3 is 9.88 Å². The molecule has 0 fully saturated rings. The molecule has 4 aromatic rings. The van der Waals surface area contributed by atoms with Crippen LogP contribution in [-0.4, -0.2) is 9.55 Å². The van der Waals surface area contributed by atoms with Gasteiger partial charge in [-0.3, -0.25) is 4.98 Å². The highest BCUT2D eigenvalue weighted by molar-refractivity contribution is 6.36. The first-order valence-corrected chi connectivity index (χ1v) is 9.58. The highest BCUT2D eigenvalue weighted by Crippen LogP contribution is 2.28. The van der Waals surface area contributed by atoms with Crippen LogP contribution >= 0.6 is 23.2 Å². The highest BCUT2D eigenvalue weighted by Gasteiger charge is 2.11. The van der Waals surface area contributed by atoms with Gasteiger partial charge in [0, 0.05) is 52.0 Å². The molecule has 0 spiro atoms. The van der Waals surface area contributed by atoms with E-state index in [4.69, 9.17) is 23.2 Å². The van der Waals surface area contributed by atoms with Crippen molar-refractivity contribution in [2.45, 2.75) is 19.6 Å². The number of rotatable bonds is 6. The molecular formula is C22H19Cl2N3. The van der Waals surface area contributed by atoms with Crippen molar-refractivity contribution >= 4 is 34.1 Å². The maximum absolute atomic E-state index is 6.37. The molecule has 2 aromatic carbocycles. The van der Waals surface area contributed by atoms with Crippen molar-refractivity contribution in [3.05, 3.63) is 99.9 Å². The summed E-state index contributed by atoms with van der Waals surface area (Å²) in [6.45, 7) is 2.14. The third-order valence-electron chi connectivity index (χ3n) is 4.61. The quantitative estimate of drug-likeness (QED) is 0.454. The van der Waals surface area contributed by atoms with Gasteiger partial charge in [0.05, 0.1) is 12.2 Å². The van der Waals surface area contributed by atoms with Gasteiger partial charge >= 0.3 is 0 Å². The van der Waals surface area contributed by atoms with Gasteiger partial charge in [0.1, 0.15) is 0 Å². The molecule has 1 N–H and O–H groups in total. The number of halogens is 2. The Kier molecular flexibility index (Phi) is 5.44. The van der Waals surface area contributed by atoms with Crippen LogP contribution in [0.2, 0.25) is 10.0 Å². The molecule has 0 radical (unpaired) electrons. The largest absolute Gasteiger partial charge is 0.343 e. The predicted octanol–water partition coefficient (Wildman–Crippen LogP) is 5.68. The van der Waals surface area contributed by atoms with Crippen molar-refractivity contribution < 1.29 is 0 Å². The third-order valence-corrected chi connectivity index (χ3v) is 5.32. The van der Waals surface area contributed by atoms with E-state index in [1.165, 1.54) is 16.5 Å². The van der Waals surface area contributed by atoms with Crippen LogP contribution in [0.4, 0.5) is 0 Å². The van der Waals surface area contributed by atoms with Crippen LogP contribution in [0.1, 0.15) is 16.8 Å². The average Bonchev–Trinajstić information content (AvgIpc) is 3.04. The second-order valence-electron chi connectivity index (χ2n) is 6.42. The van der Waals surface area contributed by atoms with Gasteiger partial charge in [-0.15, -0.1) is 0 Å². The summed E-state index contributed by atoms with van der Waals surface area (Å²) in [4.78, 5) is 4.36. The lowest BCUT2D eigenvalue weighted by molar-refractivity contribution is 0.679. The molecule has 0 amide bonds. The van der Waals surface area contributed by atoms with E-state index in [1.54, 1.807) is 0 Å². The Labute approximate surface area is 168 Å². The number of benzene rings is 2. The summed E-state index contributed by atoms with van der Waals surface area (Å²) in [6.07, 6.45) is 3.99. The summed E-state index contributed by atoms with van der Waals surface area (Å²) in [5.74, 6) is 0. The van der Waals surface area contributed by atoms with E-state index in [2.05, 4.69) is 45.3 Å². The van der Waals surface area contributed by atoms with Gasteiger partial charge in [-0.2, -0.15) is 0 Å². The minimum absolute atomic E-state index is 0.638. The second kappa shape index (κ2) is 8.13. The lowest BCUT2D eigenvalue weighted by Crippen LogP contribution is -2.13. The normalized spacial score (nSPS) is 11.2. The molecule has 5 heteroatoms. The fourth-order valence-electron chi connectivity index (χ4n) is 3.28. The van der Waals surface area contributed by atoms with E-state index < -0.39 is 0 Å². The maximum Gasteiger partial charge on any atom is 0.0541 e. The molecule has 2 aromatic heterocycles. The zero-order valence-corrected chi connectivity index (χ0v) is 16.2. The number of para-hydroxylation sites is 1. The molecule has 136 valence electrons. The van der Waals surface area contributed by atoms with Gasteiger partial charge in [0.2, 0.25) is 0 Å². The standard InChI is InChI=1S/C22H19Cl2N3/c23-20-8-5-9-21(24)19(20)15-27-14-16(18-7-1-2-10-22(18)27)12-25-13-17-6-3-4-11-26-17/h1-11,14,25H,12-13,15H2. The number of hydrogen-bond donors (Lipinski definition) is 1. The molecule has 3 nitrogen and oxygen atoms in total. The number of pyridine rings is 1. The predicted molar refractivity (Wildman–Crippen MR) is 112 cm³/mol. The van der Waals surface area contributed by atoms with Gasteiger partial charge in [-0.05, 0) is 35.9 Å². The van der Waals surface area contributed by atoms with E-state index >= 15 is 0 Å². The minimum atomic E-state index is 0.638. The molecule has 0 bridgehead atoms. The number of aromatic nitrogens is 2.